The molecule has 112 valence electrons. The third kappa shape index (κ3) is 2.31. The molecular formula is C19H25NO. The number of benzene rings is 1. The third-order valence-electron chi connectivity index (χ3n) is 5.59. The fourth-order valence-electron chi connectivity index (χ4n) is 3.97. The van der Waals surface area contributed by atoms with Crippen molar-refractivity contribution in [1.82, 2.24) is 4.90 Å². The highest BCUT2D eigenvalue weighted by atomic mass is 16.2. The lowest BCUT2D eigenvalue weighted by molar-refractivity contribution is -0.138. The molecule has 3 atom stereocenters. The number of carbonyl (C=O) groups is 1. The number of amides is 1. The number of nitrogens with zero attached hydrogens (tertiary/aromatic N) is 1. The molecule has 2 nitrogen and oxygen atoms in total. The number of hydrogen-bond acceptors (Lipinski definition) is 1. The van der Waals surface area contributed by atoms with E-state index in [2.05, 4.69) is 56.0 Å². The molecule has 0 N–H and O–H groups in total. The largest absolute Gasteiger partial charge is 0.309 e. The van der Waals surface area contributed by atoms with Gasteiger partial charge in [0.05, 0.1) is 6.04 Å². The van der Waals surface area contributed by atoms with Crippen LogP contribution in [0.2, 0.25) is 0 Å². The van der Waals surface area contributed by atoms with Crippen molar-refractivity contribution in [3.63, 3.8) is 0 Å². The number of piperidine rings is 1. The first-order chi connectivity index (χ1) is 10.0. The minimum Gasteiger partial charge on any atom is -0.309 e. The molecule has 1 aromatic carbocycles. The first kappa shape index (κ1) is 14.4. The van der Waals surface area contributed by atoms with Crippen LogP contribution in [0.3, 0.4) is 0 Å². The van der Waals surface area contributed by atoms with Crippen molar-refractivity contribution in [2.24, 2.45) is 11.3 Å². The summed E-state index contributed by atoms with van der Waals surface area (Å²) in [5, 5.41) is 0. The number of hydrogen-bond donors (Lipinski definition) is 0. The van der Waals surface area contributed by atoms with Crippen LogP contribution in [-0.2, 0) is 4.79 Å². The lowest BCUT2D eigenvalue weighted by Gasteiger charge is -2.51. The SMILES string of the molecule is C[C@@H](c1ccccc1)N1C(=O)C[C@H](C)[C@@]2(C)CCCC=C12. The molecule has 2 aliphatic rings. The zero-order chi connectivity index (χ0) is 15.0. The Morgan fingerprint density at radius 2 is 2.00 bits per heavy atom. The number of likely N-dealkylation sites (tertiary alicyclic amines) is 1. The minimum absolute atomic E-state index is 0.120. The molecule has 1 aromatic rings. The van der Waals surface area contributed by atoms with Gasteiger partial charge in [0.1, 0.15) is 0 Å². The van der Waals surface area contributed by atoms with Crippen LogP contribution in [0.25, 0.3) is 0 Å². The molecule has 1 fully saturated rings. The van der Waals surface area contributed by atoms with Gasteiger partial charge in [-0.2, -0.15) is 0 Å². The van der Waals surface area contributed by atoms with Gasteiger partial charge in [-0.15, -0.1) is 0 Å². The zero-order valence-corrected chi connectivity index (χ0v) is 13.3. The lowest BCUT2D eigenvalue weighted by Crippen LogP contribution is -2.49. The second-order valence-corrected chi connectivity index (χ2v) is 6.85. The van der Waals surface area contributed by atoms with Crippen LogP contribution in [0.5, 0.6) is 0 Å². The fraction of sp³-hybridized carbons (Fsp3) is 0.526. The molecule has 0 saturated carbocycles. The molecule has 1 saturated heterocycles. The van der Waals surface area contributed by atoms with Crippen molar-refractivity contribution >= 4 is 5.91 Å². The Hall–Kier alpha value is -1.57. The van der Waals surface area contributed by atoms with Crippen LogP contribution in [0, 0.1) is 11.3 Å². The molecular weight excluding hydrogens is 258 g/mol. The van der Waals surface area contributed by atoms with E-state index in [-0.39, 0.29) is 17.4 Å². The van der Waals surface area contributed by atoms with Gasteiger partial charge < -0.3 is 4.90 Å². The van der Waals surface area contributed by atoms with Gasteiger partial charge in [-0.1, -0.05) is 50.3 Å². The maximum absolute atomic E-state index is 12.7. The predicted octanol–water partition coefficient (Wildman–Crippen LogP) is 4.69. The van der Waals surface area contributed by atoms with Crippen LogP contribution >= 0.6 is 0 Å². The summed E-state index contributed by atoms with van der Waals surface area (Å²) in [5.74, 6) is 0.722. The molecule has 0 bridgehead atoms. The highest BCUT2D eigenvalue weighted by Gasteiger charge is 2.46. The van der Waals surface area contributed by atoms with E-state index >= 15 is 0 Å². The molecule has 21 heavy (non-hydrogen) atoms. The molecule has 1 aliphatic carbocycles. The second kappa shape index (κ2) is 5.32. The molecule has 0 radical (unpaired) electrons. The summed E-state index contributed by atoms with van der Waals surface area (Å²) in [6.07, 6.45) is 6.53. The predicted molar refractivity (Wildman–Crippen MR) is 85.5 cm³/mol. The maximum atomic E-state index is 12.7. The monoisotopic (exact) mass is 283 g/mol. The van der Waals surface area contributed by atoms with Gasteiger partial charge in [-0.3, -0.25) is 4.79 Å². The summed E-state index contributed by atoms with van der Waals surface area (Å²) in [4.78, 5) is 14.8. The smallest absolute Gasteiger partial charge is 0.227 e. The molecule has 1 aliphatic heterocycles. The van der Waals surface area contributed by atoms with Gasteiger partial charge in [-0.05, 0) is 37.7 Å². The average molecular weight is 283 g/mol. The summed E-state index contributed by atoms with van der Waals surface area (Å²) in [6.45, 7) is 6.74. The summed E-state index contributed by atoms with van der Waals surface area (Å²) >= 11 is 0. The Kier molecular flexibility index (Phi) is 3.64. The molecule has 0 aromatic heterocycles. The molecule has 3 rings (SSSR count). The van der Waals surface area contributed by atoms with E-state index in [9.17, 15) is 4.79 Å². The van der Waals surface area contributed by atoms with Crippen molar-refractivity contribution in [2.45, 2.75) is 52.5 Å². The fourth-order valence-corrected chi connectivity index (χ4v) is 3.97. The number of fused-ring (bicyclic) bond motifs is 1. The van der Waals surface area contributed by atoms with E-state index in [0.29, 0.717) is 12.3 Å². The molecule has 0 unspecified atom stereocenters. The summed E-state index contributed by atoms with van der Waals surface area (Å²) in [6, 6.07) is 10.5. The van der Waals surface area contributed by atoms with Crippen LogP contribution in [0.4, 0.5) is 0 Å². The van der Waals surface area contributed by atoms with E-state index in [1.807, 2.05) is 6.07 Å². The average Bonchev–Trinajstić information content (AvgIpc) is 2.49. The first-order valence-corrected chi connectivity index (χ1v) is 8.11. The van der Waals surface area contributed by atoms with Crippen LogP contribution in [-0.4, -0.2) is 10.8 Å². The molecule has 2 heteroatoms. The van der Waals surface area contributed by atoms with Crippen molar-refractivity contribution in [3.8, 4) is 0 Å². The summed E-state index contributed by atoms with van der Waals surface area (Å²) in [7, 11) is 0. The van der Waals surface area contributed by atoms with Crippen LogP contribution in [0.1, 0.15) is 58.1 Å². The Morgan fingerprint density at radius 1 is 1.29 bits per heavy atom. The third-order valence-corrected chi connectivity index (χ3v) is 5.59. The molecule has 1 heterocycles. The van der Waals surface area contributed by atoms with E-state index < -0.39 is 0 Å². The number of allylic oxidation sites excluding steroid dienone is 2. The standard InChI is InChI=1S/C19H25NO/c1-14-13-18(21)20(15(2)16-9-5-4-6-10-16)17-11-7-8-12-19(14,17)3/h4-6,9-11,14-15H,7-8,12-13H2,1-3H3/t14-,15-,19+/m0/s1. The second-order valence-electron chi connectivity index (χ2n) is 6.85. The van der Waals surface area contributed by atoms with Crippen LogP contribution in [0.15, 0.2) is 42.1 Å². The van der Waals surface area contributed by atoms with E-state index in [4.69, 9.17) is 0 Å². The summed E-state index contributed by atoms with van der Waals surface area (Å²) < 4.78 is 0. The minimum atomic E-state index is 0.120. The van der Waals surface area contributed by atoms with E-state index in [1.165, 1.54) is 24.1 Å². The van der Waals surface area contributed by atoms with Crippen molar-refractivity contribution < 1.29 is 4.79 Å². The normalized spacial score (nSPS) is 30.6. The quantitative estimate of drug-likeness (QED) is 0.771. The summed E-state index contributed by atoms with van der Waals surface area (Å²) in [5.41, 5.74) is 2.65. The van der Waals surface area contributed by atoms with Gasteiger partial charge in [0.15, 0.2) is 0 Å². The number of carbonyl (C=O) groups excluding carboxylic acids is 1. The Balaban J connectivity index is 2.00. The topological polar surface area (TPSA) is 20.3 Å². The van der Waals surface area contributed by atoms with Crippen molar-refractivity contribution in [2.75, 3.05) is 0 Å². The lowest BCUT2D eigenvalue weighted by atomic mass is 9.65. The van der Waals surface area contributed by atoms with E-state index in [0.717, 1.165) is 6.42 Å². The molecule has 1 amide bonds. The zero-order valence-electron chi connectivity index (χ0n) is 13.3. The molecule has 0 spiro atoms. The Labute approximate surface area is 127 Å². The Morgan fingerprint density at radius 3 is 2.71 bits per heavy atom. The van der Waals surface area contributed by atoms with Gasteiger partial charge in [0.2, 0.25) is 5.91 Å². The number of rotatable bonds is 2. The van der Waals surface area contributed by atoms with Gasteiger partial charge >= 0.3 is 0 Å². The van der Waals surface area contributed by atoms with Gasteiger partial charge in [-0.25, -0.2) is 0 Å². The van der Waals surface area contributed by atoms with Crippen molar-refractivity contribution in [1.29, 1.82) is 0 Å². The van der Waals surface area contributed by atoms with Gasteiger partial charge in [0, 0.05) is 17.5 Å². The van der Waals surface area contributed by atoms with Crippen LogP contribution < -0.4 is 0 Å². The first-order valence-electron chi connectivity index (χ1n) is 8.11. The highest BCUT2D eigenvalue weighted by Crippen LogP contribution is 2.51. The Bertz CT molecular complexity index is 562. The highest BCUT2D eigenvalue weighted by molar-refractivity contribution is 5.81. The van der Waals surface area contributed by atoms with Crippen molar-refractivity contribution in [3.05, 3.63) is 47.7 Å². The van der Waals surface area contributed by atoms with Gasteiger partial charge in [0.25, 0.3) is 0 Å². The maximum Gasteiger partial charge on any atom is 0.227 e. The van der Waals surface area contributed by atoms with E-state index in [1.54, 1.807) is 0 Å².